The second kappa shape index (κ2) is 4.25. The highest BCUT2D eigenvalue weighted by molar-refractivity contribution is 5.54. The van der Waals surface area contributed by atoms with Crippen LogP contribution in [0.1, 0.15) is 24.8 Å². The molecule has 2 heterocycles. The first-order chi connectivity index (χ1) is 8.34. The van der Waals surface area contributed by atoms with Gasteiger partial charge in [-0.3, -0.25) is 0 Å². The van der Waals surface area contributed by atoms with E-state index in [9.17, 15) is 4.39 Å². The van der Waals surface area contributed by atoms with Gasteiger partial charge in [-0.2, -0.15) is 4.98 Å². The van der Waals surface area contributed by atoms with E-state index in [4.69, 9.17) is 4.52 Å². The minimum Gasteiger partial charge on any atom is -0.337 e. The first-order valence-electron chi connectivity index (χ1n) is 5.66. The molecule has 1 N–H and O–H groups in total. The monoisotopic (exact) mass is 233 g/mol. The number of hydrogen-bond donors (Lipinski definition) is 1. The van der Waals surface area contributed by atoms with Crippen molar-refractivity contribution < 1.29 is 8.91 Å². The minimum atomic E-state index is -0.334. The maximum atomic E-state index is 13.5. The summed E-state index contributed by atoms with van der Waals surface area (Å²) in [6.45, 7) is 0.960. The normalized spacial score (nSPS) is 19.7. The summed E-state index contributed by atoms with van der Waals surface area (Å²) in [7, 11) is 0. The van der Waals surface area contributed by atoms with Crippen molar-refractivity contribution in [3.63, 3.8) is 0 Å². The second-order valence-corrected chi connectivity index (χ2v) is 4.09. The van der Waals surface area contributed by atoms with Crippen LogP contribution in [0, 0.1) is 5.82 Å². The highest BCUT2D eigenvalue weighted by Crippen LogP contribution is 2.25. The smallest absolute Gasteiger partial charge is 0.244 e. The van der Waals surface area contributed by atoms with Crippen LogP contribution in [0.4, 0.5) is 4.39 Å². The molecular weight excluding hydrogens is 221 g/mol. The molecule has 1 aliphatic heterocycles. The lowest BCUT2D eigenvalue weighted by molar-refractivity contribution is 0.345. The molecule has 1 saturated heterocycles. The second-order valence-electron chi connectivity index (χ2n) is 4.09. The molecule has 1 fully saturated rings. The third-order valence-electron chi connectivity index (χ3n) is 2.91. The Morgan fingerprint density at radius 3 is 3.00 bits per heavy atom. The fourth-order valence-electron chi connectivity index (χ4n) is 2.02. The largest absolute Gasteiger partial charge is 0.337 e. The number of nitrogens with zero attached hydrogens (tertiary/aromatic N) is 2. The van der Waals surface area contributed by atoms with Gasteiger partial charge in [-0.15, -0.1) is 0 Å². The summed E-state index contributed by atoms with van der Waals surface area (Å²) in [5.41, 5.74) is 0.375. The zero-order valence-electron chi connectivity index (χ0n) is 9.19. The van der Waals surface area contributed by atoms with Crippen LogP contribution >= 0.6 is 0 Å². The first kappa shape index (κ1) is 10.4. The number of benzene rings is 1. The number of nitrogens with one attached hydrogen (secondary N) is 1. The molecule has 0 spiro atoms. The van der Waals surface area contributed by atoms with Crippen LogP contribution in [0.2, 0.25) is 0 Å². The van der Waals surface area contributed by atoms with Gasteiger partial charge in [0.05, 0.1) is 11.6 Å². The van der Waals surface area contributed by atoms with Gasteiger partial charge in [0.2, 0.25) is 11.7 Å². The molecule has 1 aromatic carbocycles. The molecule has 0 amide bonds. The van der Waals surface area contributed by atoms with Crippen LogP contribution in [-0.4, -0.2) is 16.7 Å². The molecule has 4 nitrogen and oxygen atoms in total. The quantitative estimate of drug-likeness (QED) is 0.864. The van der Waals surface area contributed by atoms with Crippen molar-refractivity contribution in [1.82, 2.24) is 15.5 Å². The molecule has 0 saturated carbocycles. The molecule has 88 valence electrons. The maximum Gasteiger partial charge on any atom is 0.244 e. The SMILES string of the molecule is Fc1ccccc1-c1noc([C@H]2CCCN2)n1. The van der Waals surface area contributed by atoms with Crippen molar-refractivity contribution in [2.45, 2.75) is 18.9 Å². The molecule has 0 bridgehead atoms. The van der Waals surface area contributed by atoms with E-state index in [1.807, 2.05) is 0 Å². The lowest BCUT2D eigenvalue weighted by Crippen LogP contribution is -2.12. The van der Waals surface area contributed by atoms with E-state index in [1.54, 1.807) is 18.2 Å². The molecule has 3 rings (SSSR count). The average molecular weight is 233 g/mol. The molecule has 1 aliphatic rings. The summed E-state index contributed by atoms with van der Waals surface area (Å²) in [5, 5.41) is 7.09. The van der Waals surface area contributed by atoms with Crippen molar-refractivity contribution >= 4 is 0 Å². The summed E-state index contributed by atoms with van der Waals surface area (Å²) < 4.78 is 18.7. The predicted octanol–water partition coefficient (Wildman–Crippen LogP) is 2.30. The van der Waals surface area contributed by atoms with E-state index in [2.05, 4.69) is 15.5 Å². The van der Waals surface area contributed by atoms with Gasteiger partial charge < -0.3 is 9.84 Å². The molecule has 1 atom stereocenters. The van der Waals surface area contributed by atoms with Crippen LogP contribution in [0.25, 0.3) is 11.4 Å². The van der Waals surface area contributed by atoms with E-state index >= 15 is 0 Å². The van der Waals surface area contributed by atoms with Crippen molar-refractivity contribution in [3.05, 3.63) is 36.0 Å². The Kier molecular flexibility index (Phi) is 2.60. The minimum absolute atomic E-state index is 0.114. The number of aromatic nitrogens is 2. The van der Waals surface area contributed by atoms with Crippen molar-refractivity contribution in [2.75, 3.05) is 6.54 Å². The molecule has 0 unspecified atom stereocenters. The summed E-state index contributed by atoms with van der Waals surface area (Å²) in [5.74, 6) is 0.520. The van der Waals surface area contributed by atoms with Gasteiger partial charge in [-0.05, 0) is 31.5 Å². The van der Waals surface area contributed by atoms with Gasteiger partial charge in [-0.1, -0.05) is 17.3 Å². The third-order valence-corrected chi connectivity index (χ3v) is 2.91. The van der Waals surface area contributed by atoms with Crippen molar-refractivity contribution in [2.24, 2.45) is 0 Å². The fraction of sp³-hybridized carbons (Fsp3) is 0.333. The van der Waals surface area contributed by atoms with Gasteiger partial charge in [0.15, 0.2) is 0 Å². The fourth-order valence-corrected chi connectivity index (χ4v) is 2.02. The molecule has 2 aromatic rings. The van der Waals surface area contributed by atoms with E-state index in [0.717, 1.165) is 19.4 Å². The Bertz CT molecular complexity index is 520. The van der Waals surface area contributed by atoms with Gasteiger partial charge in [0, 0.05) is 0 Å². The van der Waals surface area contributed by atoms with Crippen molar-refractivity contribution in [3.8, 4) is 11.4 Å². The highest BCUT2D eigenvalue weighted by Gasteiger charge is 2.23. The zero-order valence-corrected chi connectivity index (χ0v) is 9.19. The third kappa shape index (κ3) is 1.93. The number of halogens is 1. The molecule has 0 radical (unpaired) electrons. The van der Waals surface area contributed by atoms with E-state index in [1.165, 1.54) is 6.07 Å². The lowest BCUT2D eigenvalue weighted by atomic mass is 10.2. The number of hydrogen-bond acceptors (Lipinski definition) is 4. The van der Waals surface area contributed by atoms with Crippen LogP contribution in [0.5, 0.6) is 0 Å². The van der Waals surface area contributed by atoms with Crippen LogP contribution in [-0.2, 0) is 0 Å². The average Bonchev–Trinajstić information content (AvgIpc) is 3.00. The lowest BCUT2D eigenvalue weighted by Gasteiger charge is -2.01. The molecule has 1 aromatic heterocycles. The molecule has 5 heteroatoms. The Labute approximate surface area is 97.8 Å². The summed E-state index contributed by atoms with van der Waals surface area (Å²) in [4.78, 5) is 4.24. The Balaban J connectivity index is 1.92. The zero-order chi connectivity index (χ0) is 11.7. The van der Waals surface area contributed by atoms with Gasteiger partial charge in [-0.25, -0.2) is 4.39 Å². The van der Waals surface area contributed by atoms with E-state index < -0.39 is 0 Å². The topological polar surface area (TPSA) is 51.0 Å². The van der Waals surface area contributed by atoms with Crippen LogP contribution in [0.3, 0.4) is 0 Å². The van der Waals surface area contributed by atoms with Crippen LogP contribution < -0.4 is 5.32 Å². The van der Waals surface area contributed by atoms with Gasteiger partial charge >= 0.3 is 0 Å². The standard InChI is InChI=1S/C12H12FN3O/c13-9-5-2-1-4-8(9)11-15-12(17-16-11)10-6-3-7-14-10/h1-2,4-5,10,14H,3,6-7H2/t10-/m1/s1. The highest BCUT2D eigenvalue weighted by atomic mass is 19.1. The Hall–Kier alpha value is -1.75. The summed E-state index contributed by atoms with van der Waals surface area (Å²) >= 11 is 0. The van der Waals surface area contributed by atoms with Gasteiger partial charge in [0.25, 0.3) is 0 Å². The van der Waals surface area contributed by atoms with Crippen LogP contribution in [0.15, 0.2) is 28.8 Å². The predicted molar refractivity (Wildman–Crippen MR) is 59.7 cm³/mol. The first-order valence-corrected chi connectivity index (χ1v) is 5.66. The number of rotatable bonds is 2. The molecule has 0 aliphatic carbocycles. The van der Waals surface area contributed by atoms with Gasteiger partial charge in [0.1, 0.15) is 5.82 Å². The molecule has 17 heavy (non-hydrogen) atoms. The Morgan fingerprint density at radius 1 is 1.35 bits per heavy atom. The Morgan fingerprint density at radius 2 is 2.24 bits per heavy atom. The van der Waals surface area contributed by atoms with Crippen molar-refractivity contribution in [1.29, 1.82) is 0 Å². The molecular formula is C12H12FN3O. The van der Waals surface area contributed by atoms with E-state index in [-0.39, 0.29) is 11.9 Å². The maximum absolute atomic E-state index is 13.5. The summed E-state index contributed by atoms with van der Waals surface area (Å²) in [6, 6.07) is 6.54. The summed E-state index contributed by atoms with van der Waals surface area (Å²) in [6.07, 6.45) is 2.08. The van der Waals surface area contributed by atoms with E-state index in [0.29, 0.717) is 17.3 Å².